The summed E-state index contributed by atoms with van der Waals surface area (Å²) in [6.07, 6.45) is 0. The second-order valence-electron chi connectivity index (χ2n) is 7.39. The number of anilines is 1. The third-order valence-electron chi connectivity index (χ3n) is 4.86. The topological polar surface area (TPSA) is 76.4 Å². The maximum absolute atomic E-state index is 12.4. The van der Waals surface area contributed by atoms with Crippen molar-refractivity contribution in [1.82, 2.24) is 10.3 Å². The summed E-state index contributed by atoms with van der Waals surface area (Å²) in [6.45, 7) is 6.54. The van der Waals surface area contributed by atoms with Crippen LogP contribution < -0.4 is 15.4 Å². The van der Waals surface area contributed by atoms with Crippen molar-refractivity contribution < 1.29 is 13.9 Å². The van der Waals surface area contributed by atoms with Crippen LogP contribution in [0.3, 0.4) is 0 Å². The highest BCUT2D eigenvalue weighted by molar-refractivity contribution is 7.80. The highest BCUT2D eigenvalue weighted by atomic mass is 32.1. The molecule has 1 aromatic heterocycles. The smallest absolute Gasteiger partial charge is 0.257 e. The summed E-state index contributed by atoms with van der Waals surface area (Å²) in [4.78, 5) is 17.0. The van der Waals surface area contributed by atoms with E-state index in [4.69, 9.17) is 21.4 Å². The quantitative estimate of drug-likeness (QED) is 0.387. The minimum absolute atomic E-state index is 0.213. The number of nitrogens with zero attached hydrogens (tertiary/aromatic N) is 1. The van der Waals surface area contributed by atoms with Crippen molar-refractivity contribution in [3.63, 3.8) is 0 Å². The zero-order valence-corrected chi connectivity index (χ0v) is 18.9. The molecule has 6 nitrogen and oxygen atoms in total. The van der Waals surface area contributed by atoms with Gasteiger partial charge in [0.2, 0.25) is 5.89 Å². The number of hydrogen-bond donors (Lipinski definition) is 2. The van der Waals surface area contributed by atoms with E-state index in [1.165, 1.54) is 0 Å². The van der Waals surface area contributed by atoms with Crippen LogP contribution in [0.15, 0.2) is 65.1 Å². The lowest BCUT2D eigenvalue weighted by molar-refractivity contribution is 0.0977. The van der Waals surface area contributed by atoms with E-state index < -0.39 is 0 Å². The molecule has 0 saturated carbocycles. The van der Waals surface area contributed by atoms with E-state index in [0.717, 1.165) is 33.5 Å². The van der Waals surface area contributed by atoms with Gasteiger partial charge in [0.25, 0.3) is 5.91 Å². The average Bonchev–Trinajstić information content (AvgIpc) is 3.19. The molecule has 0 spiro atoms. The van der Waals surface area contributed by atoms with Crippen molar-refractivity contribution in [2.75, 3.05) is 11.9 Å². The van der Waals surface area contributed by atoms with Crippen molar-refractivity contribution in [2.24, 2.45) is 0 Å². The highest BCUT2D eigenvalue weighted by Gasteiger charge is 2.12. The summed E-state index contributed by atoms with van der Waals surface area (Å²) in [7, 11) is 0. The lowest BCUT2D eigenvalue weighted by atomic mass is 10.1. The molecule has 0 radical (unpaired) electrons. The Bertz CT molecular complexity index is 1280. The van der Waals surface area contributed by atoms with Gasteiger partial charge in [-0.05, 0) is 98.7 Å². The number of rotatable bonds is 5. The standard InChI is InChI=1S/C25H23N3O3S/c1-4-30-20-11-7-17(8-12-20)23(29)28-25(32)26-19-9-5-18(6-10-19)24-27-21-14-15(2)13-16(3)22(21)31-24/h5-14H,4H2,1-3H3,(H2,26,28,29,32). The number of carbonyl (C=O) groups excluding carboxylic acids is 1. The molecule has 162 valence electrons. The van der Waals surface area contributed by atoms with E-state index in [-0.39, 0.29) is 11.0 Å². The number of ether oxygens (including phenoxy) is 1. The van der Waals surface area contributed by atoms with Gasteiger partial charge in [-0.2, -0.15) is 0 Å². The van der Waals surface area contributed by atoms with E-state index in [1.807, 2.05) is 51.1 Å². The molecule has 0 aliphatic rings. The number of aryl methyl sites for hydroxylation is 2. The van der Waals surface area contributed by atoms with Crippen LogP contribution in [0.2, 0.25) is 0 Å². The fraction of sp³-hybridized carbons (Fsp3) is 0.160. The van der Waals surface area contributed by atoms with Crippen LogP contribution in [0.5, 0.6) is 5.75 Å². The largest absolute Gasteiger partial charge is 0.494 e. The van der Waals surface area contributed by atoms with E-state index in [1.54, 1.807) is 24.3 Å². The Hall–Kier alpha value is -3.71. The number of thiocarbonyl (C=S) groups is 1. The summed E-state index contributed by atoms with van der Waals surface area (Å²) in [5.74, 6) is 0.986. The molecule has 4 aromatic rings. The van der Waals surface area contributed by atoms with Gasteiger partial charge in [-0.1, -0.05) is 6.07 Å². The predicted octanol–water partition coefficient (Wildman–Crippen LogP) is 5.64. The number of benzene rings is 3. The summed E-state index contributed by atoms with van der Waals surface area (Å²) < 4.78 is 11.4. The Morgan fingerprint density at radius 1 is 1.06 bits per heavy atom. The van der Waals surface area contributed by atoms with Crippen LogP contribution in [0.4, 0.5) is 5.69 Å². The Labute approximate surface area is 191 Å². The fourth-order valence-electron chi connectivity index (χ4n) is 3.40. The summed E-state index contributed by atoms with van der Waals surface area (Å²) in [5.41, 5.74) is 5.95. The molecule has 4 rings (SSSR count). The zero-order chi connectivity index (χ0) is 22.7. The first-order valence-corrected chi connectivity index (χ1v) is 10.7. The predicted molar refractivity (Wildman–Crippen MR) is 130 cm³/mol. The Kier molecular flexibility index (Phi) is 6.18. The van der Waals surface area contributed by atoms with Gasteiger partial charge in [-0.25, -0.2) is 4.98 Å². The Balaban J connectivity index is 1.40. The van der Waals surface area contributed by atoms with E-state index in [2.05, 4.69) is 21.7 Å². The van der Waals surface area contributed by atoms with Crippen LogP contribution in [-0.4, -0.2) is 22.6 Å². The molecule has 2 N–H and O–H groups in total. The molecule has 1 heterocycles. The monoisotopic (exact) mass is 445 g/mol. The molecule has 1 amide bonds. The lowest BCUT2D eigenvalue weighted by Gasteiger charge is -2.10. The molecule has 32 heavy (non-hydrogen) atoms. The third-order valence-corrected chi connectivity index (χ3v) is 5.07. The third kappa shape index (κ3) is 4.78. The van der Waals surface area contributed by atoms with Gasteiger partial charge in [0.05, 0.1) is 6.61 Å². The molecule has 7 heteroatoms. The maximum atomic E-state index is 12.4. The molecular weight excluding hydrogens is 422 g/mol. The molecule has 3 aromatic carbocycles. The van der Waals surface area contributed by atoms with Gasteiger partial charge >= 0.3 is 0 Å². The first-order chi connectivity index (χ1) is 15.4. The molecule has 0 atom stereocenters. The second kappa shape index (κ2) is 9.20. The van der Waals surface area contributed by atoms with Gasteiger partial charge in [0.1, 0.15) is 11.3 Å². The average molecular weight is 446 g/mol. The number of nitrogens with one attached hydrogen (secondary N) is 2. The first kappa shape index (κ1) is 21.5. The van der Waals surface area contributed by atoms with Gasteiger partial charge < -0.3 is 14.5 Å². The Morgan fingerprint density at radius 3 is 2.47 bits per heavy atom. The summed E-state index contributed by atoms with van der Waals surface area (Å²) in [5, 5.41) is 5.91. The normalized spacial score (nSPS) is 10.7. The first-order valence-electron chi connectivity index (χ1n) is 10.3. The van der Waals surface area contributed by atoms with E-state index in [9.17, 15) is 4.79 Å². The van der Waals surface area contributed by atoms with Crippen molar-refractivity contribution in [3.8, 4) is 17.2 Å². The van der Waals surface area contributed by atoms with Crippen LogP contribution in [0, 0.1) is 13.8 Å². The molecule has 0 fully saturated rings. The van der Waals surface area contributed by atoms with Crippen LogP contribution >= 0.6 is 12.2 Å². The number of hydrogen-bond acceptors (Lipinski definition) is 5. The number of fused-ring (bicyclic) bond motifs is 1. The molecule has 0 aliphatic carbocycles. The van der Waals surface area contributed by atoms with Gasteiger partial charge in [-0.3, -0.25) is 10.1 Å². The summed E-state index contributed by atoms with van der Waals surface area (Å²) >= 11 is 5.28. The van der Waals surface area contributed by atoms with Crippen molar-refractivity contribution >= 4 is 40.0 Å². The van der Waals surface area contributed by atoms with Gasteiger partial charge in [-0.15, -0.1) is 0 Å². The number of amides is 1. The molecule has 0 aliphatic heterocycles. The van der Waals surface area contributed by atoms with Crippen molar-refractivity contribution in [2.45, 2.75) is 20.8 Å². The lowest BCUT2D eigenvalue weighted by Crippen LogP contribution is -2.34. The van der Waals surface area contributed by atoms with E-state index >= 15 is 0 Å². The second-order valence-corrected chi connectivity index (χ2v) is 7.80. The van der Waals surface area contributed by atoms with Crippen LogP contribution in [-0.2, 0) is 0 Å². The molecule has 0 bridgehead atoms. The zero-order valence-electron chi connectivity index (χ0n) is 18.1. The minimum atomic E-state index is -0.292. The van der Waals surface area contributed by atoms with Gasteiger partial charge in [0, 0.05) is 16.8 Å². The van der Waals surface area contributed by atoms with Crippen molar-refractivity contribution in [3.05, 3.63) is 77.4 Å². The van der Waals surface area contributed by atoms with E-state index in [0.29, 0.717) is 23.8 Å². The highest BCUT2D eigenvalue weighted by Crippen LogP contribution is 2.28. The molecule has 0 unspecified atom stereocenters. The number of carbonyl (C=O) groups is 1. The van der Waals surface area contributed by atoms with Crippen LogP contribution in [0.1, 0.15) is 28.4 Å². The maximum Gasteiger partial charge on any atom is 0.257 e. The number of aromatic nitrogens is 1. The minimum Gasteiger partial charge on any atom is -0.494 e. The molecular formula is C25H23N3O3S. The fourth-order valence-corrected chi connectivity index (χ4v) is 3.61. The Morgan fingerprint density at radius 2 is 1.78 bits per heavy atom. The SMILES string of the molecule is CCOc1ccc(C(=O)NC(=S)Nc2ccc(-c3nc4cc(C)cc(C)c4o3)cc2)cc1. The van der Waals surface area contributed by atoms with Crippen LogP contribution in [0.25, 0.3) is 22.6 Å². The van der Waals surface area contributed by atoms with Crippen molar-refractivity contribution in [1.29, 1.82) is 0 Å². The molecule has 0 saturated heterocycles. The summed E-state index contributed by atoms with van der Waals surface area (Å²) in [6, 6.07) is 18.5. The van der Waals surface area contributed by atoms with Gasteiger partial charge in [0.15, 0.2) is 10.7 Å². The number of oxazole rings is 1.